The van der Waals surface area contributed by atoms with Crippen LogP contribution >= 0.6 is 23.2 Å². The fraction of sp³-hybridized carbons (Fsp3) is 0.0625. The Morgan fingerprint density at radius 1 is 1.17 bits per heavy atom. The number of amides is 2. The van der Waals surface area contributed by atoms with Crippen molar-refractivity contribution in [1.29, 1.82) is 0 Å². The molecule has 0 saturated heterocycles. The minimum atomic E-state index is -0.453. The predicted molar refractivity (Wildman–Crippen MR) is 94.7 cm³/mol. The third kappa shape index (κ3) is 4.24. The molecule has 0 aliphatic rings. The van der Waals surface area contributed by atoms with Crippen molar-refractivity contribution in [2.24, 2.45) is 0 Å². The van der Waals surface area contributed by atoms with Crippen LogP contribution in [0.25, 0.3) is 0 Å². The highest BCUT2D eigenvalue weighted by Crippen LogP contribution is 2.25. The highest BCUT2D eigenvalue weighted by Gasteiger charge is 2.08. The fourth-order valence-electron chi connectivity index (χ4n) is 2.06. The Hall–Kier alpha value is -2.57. The molecule has 24 heavy (non-hydrogen) atoms. The van der Waals surface area contributed by atoms with Crippen molar-refractivity contribution in [3.05, 3.63) is 70.6 Å². The first-order chi connectivity index (χ1) is 11.6. The Labute approximate surface area is 148 Å². The first-order valence-electron chi connectivity index (χ1n) is 7.05. The van der Waals surface area contributed by atoms with E-state index in [9.17, 15) is 4.79 Å². The van der Waals surface area contributed by atoms with Crippen LogP contribution in [0, 0.1) is 0 Å². The molecule has 0 radical (unpaired) electrons. The zero-order valence-corrected chi connectivity index (χ0v) is 13.9. The van der Waals surface area contributed by atoms with Gasteiger partial charge in [0.2, 0.25) is 0 Å². The maximum atomic E-state index is 12.0. The molecule has 0 fully saturated rings. The van der Waals surface area contributed by atoms with E-state index in [0.29, 0.717) is 28.1 Å². The minimum Gasteiger partial charge on any atom is -0.306 e. The second kappa shape index (κ2) is 7.33. The van der Waals surface area contributed by atoms with Crippen molar-refractivity contribution in [2.75, 3.05) is 10.6 Å². The summed E-state index contributed by atoms with van der Waals surface area (Å²) < 4.78 is 1.71. The number of benzene rings is 1. The van der Waals surface area contributed by atoms with Crippen LogP contribution < -0.4 is 10.6 Å². The molecule has 2 aromatic heterocycles. The summed E-state index contributed by atoms with van der Waals surface area (Å²) in [6, 6.07) is 9.90. The molecule has 122 valence electrons. The largest absolute Gasteiger partial charge is 0.324 e. The number of carbonyl (C=O) groups is 1. The van der Waals surface area contributed by atoms with E-state index in [1.165, 1.54) is 0 Å². The van der Waals surface area contributed by atoms with Gasteiger partial charge in [-0.25, -0.2) is 4.79 Å². The minimum absolute atomic E-state index is 0.400. The van der Waals surface area contributed by atoms with Gasteiger partial charge in [-0.3, -0.25) is 15.0 Å². The molecule has 0 atom stereocenters. The third-order valence-corrected chi connectivity index (χ3v) is 3.69. The van der Waals surface area contributed by atoms with Crippen LogP contribution in [0.5, 0.6) is 0 Å². The lowest BCUT2D eigenvalue weighted by Gasteiger charge is -2.08. The number of hydrogen-bond donors (Lipinski definition) is 2. The molecule has 8 heteroatoms. The lowest BCUT2D eigenvalue weighted by atomic mass is 10.3. The molecule has 0 aliphatic carbocycles. The molecule has 1 aromatic carbocycles. The number of carbonyl (C=O) groups excluding carboxylic acids is 1. The van der Waals surface area contributed by atoms with Gasteiger partial charge in [0.25, 0.3) is 0 Å². The average molecular weight is 362 g/mol. The first-order valence-corrected chi connectivity index (χ1v) is 7.81. The summed E-state index contributed by atoms with van der Waals surface area (Å²) in [4.78, 5) is 16.1. The summed E-state index contributed by atoms with van der Waals surface area (Å²) >= 11 is 11.9. The van der Waals surface area contributed by atoms with Crippen LogP contribution in [0.2, 0.25) is 10.0 Å². The quantitative estimate of drug-likeness (QED) is 0.728. The van der Waals surface area contributed by atoms with E-state index in [4.69, 9.17) is 23.2 Å². The van der Waals surface area contributed by atoms with E-state index >= 15 is 0 Å². The molecule has 0 aliphatic heterocycles. The van der Waals surface area contributed by atoms with Gasteiger partial charge in [0, 0.05) is 29.7 Å². The molecule has 6 nitrogen and oxygen atoms in total. The molecule has 2 heterocycles. The van der Waals surface area contributed by atoms with Crippen molar-refractivity contribution < 1.29 is 4.79 Å². The lowest BCUT2D eigenvalue weighted by Crippen LogP contribution is -2.20. The van der Waals surface area contributed by atoms with Crippen molar-refractivity contribution >= 4 is 40.7 Å². The van der Waals surface area contributed by atoms with Gasteiger partial charge >= 0.3 is 6.03 Å². The summed E-state index contributed by atoms with van der Waals surface area (Å²) in [5.74, 6) is 0.426. The van der Waals surface area contributed by atoms with Crippen molar-refractivity contribution in [3.63, 3.8) is 0 Å². The van der Waals surface area contributed by atoms with Gasteiger partial charge < -0.3 is 5.32 Å². The van der Waals surface area contributed by atoms with E-state index in [2.05, 4.69) is 20.7 Å². The third-order valence-electron chi connectivity index (χ3n) is 3.13. The molecule has 3 aromatic rings. The van der Waals surface area contributed by atoms with Gasteiger partial charge in [0.05, 0.1) is 17.3 Å². The van der Waals surface area contributed by atoms with Gasteiger partial charge in [0.1, 0.15) is 0 Å². The van der Waals surface area contributed by atoms with Crippen molar-refractivity contribution in [1.82, 2.24) is 14.8 Å². The number of hydrogen-bond acceptors (Lipinski definition) is 3. The highest BCUT2D eigenvalue weighted by molar-refractivity contribution is 6.35. The monoisotopic (exact) mass is 361 g/mol. The Balaban J connectivity index is 1.62. The standard InChI is InChI=1S/C16H13Cl2N5O/c17-12-3-4-13(18)14(8-12)20-16(24)21-15-5-7-23(22-15)10-11-2-1-6-19-9-11/h1-9H,10H2,(H2,20,21,22,24). The predicted octanol–water partition coefficient (Wildman–Crippen LogP) is 4.28. The summed E-state index contributed by atoms with van der Waals surface area (Å²) in [7, 11) is 0. The smallest absolute Gasteiger partial charge is 0.306 e. The van der Waals surface area contributed by atoms with E-state index in [1.807, 2.05) is 12.1 Å². The maximum Gasteiger partial charge on any atom is 0.324 e. The fourth-order valence-corrected chi connectivity index (χ4v) is 2.40. The zero-order chi connectivity index (χ0) is 16.9. The van der Waals surface area contributed by atoms with Gasteiger partial charge in [-0.2, -0.15) is 5.10 Å². The van der Waals surface area contributed by atoms with Gasteiger partial charge in [-0.15, -0.1) is 0 Å². The van der Waals surface area contributed by atoms with Crippen LogP contribution in [-0.4, -0.2) is 20.8 Å². The molecule has 2 amide bonds. The number of aromatic nitrogens is 3. The number of nitrogens with zero attached hydrogens (tertiary/aromatic N) is 3. The van der Waals surface area contributed by atoms with Crippen LogP contribution in [0.15, 0.2) is 55.0 Å². The van der Waals surface area contributed by atoms with Crippen molar-refractivity contribution in [3.8, 4) is 0 Å². The van der Waals surface area contributed by atoms with Crippen LogP contribution in [0.3, 0.4) is 0 Å². The Bertz CT molecular complexity index is 851. The number of nitrogens with one attached hydrogen (secondary N) is 2. The van der Waals surface area contributed by atoms with E-state index in [1.54, 1.807) is 47.5 Å². The van der Waals surface area contributed by atoms with Gasteiger partial charge in [-0.05, 0) is 29.8 Å². The zero-order valence-electron chi connectivity index (χ0n) is 12.4. The second-order valence-corrected chi connectivity index (χ2v) is 5.81. The number of rotatable bonds is 4. The number of halogens is 2. The molecule has 0 spiro atoms. The maximum absolute atomic E-state index is 12.0. The van der Waals surface area contributed by atoms with Crippen LogP contribution in [-0.2, 0) is 6.54 Å². The number of pyridine rings is 1. The highest BCUT2D eigenvalue weighted by atomic mass is 35.5. The molecular formula is C16H13Cl2N5O. The average Bonchev–Trinajstić information content (AvgIpc) is 2.98. The summed E-state index contributed by atoms with van der Waals surface area (Å²) in [5, 5.41) is 10.4. The van der Waals surface area contributed by atoms with E-state index in [-0.39, 0.29) is 0 Å². The van der Waals surface area contributed by atoms with E-state index in [0.717, 1.165) is 5.56 Å². The van der Waals surface area contributed by atoms with E-state index < -0.39 is 6.03 Å². The molecule has 2 N–H and O–H groups in total. The Kier molecular flexibility index (Phi) is 4.98. The molecule has 0 saturated carbocycles. The lowest BCUT2D eigenvalue weighted by molar-refractivity contribution is 0.262. The topological polar surface area (TPSA) is 71.8 Å². The molecule has 3 rings (SSSR count). The van der Waals surface area contributed by atoms with Gasteiger partial charge in [0.15, 0.2) is 5.82 Å². The second-order valence-electron chi connectivity index (χ2n) is 4.96. The Morgan fingerprint density at radius 2 is 2.04 bits per heavy atom. The molecular weight excluding hydrogens is 349 g/mol. The summed E-state index contributed by atoms with van der Waals surface area (Å²) in [5.41, 5.74) is 1.44. The van der Waals surface area contributed by atoms with Crippen LogP contribution in [0.4, 0.5) is 16.3 Å². The van der Waals surface area contributed by atoms with Gasteiger partial charge in [-0.1, -0.05) is 29.3 Å². The van der Waals surface area contributed by atoms with Crippen molar-refractivity contribution in [2.45, 2.75) is 6.54 Å². The number of urea groups is 1. The molecule has 0 bridgehead atoms. The first kappa shape index (κ1) is 16.3. The number of anilines is 2. The summed E-state index contributed by atoms with van der Waals surface area (Å²) in [6.07, 6.45) is 5.25. The summed E-state index contributed by atoms with van der Waals surface area (Å²) in [6.45, 7) is 0.567. The van der Waals surface area contributed by atoms with Crippen LogP contribution in [0.1, 0.15) is 5.56 Å². The Morgan fingerprint density at radius 3 is 2.83 bits per heavy atom. The molecule has 0 unspecified atom stereocenters. The normalized spacial score (nSPS) is 10.4. The SMILES string of the molecule is O=C(Nc1ccn(Cc2cccnc2)n1)Nc1cc(Cl)ccc1Cl.